The van der Waals surface area contributed by atoms with Crippen LogP contribution in [-0.2, 0) is 27.5 Å². The average Bonchev–Trinajstić information content (AvgIpc) is 2.75. The number of carboxylic acids is 1. The highest BCUT2D eigenvalue weighted by molar-refractivity contribution is 6.00. The third-order valence-corrected chi connectivity index (χ3v) is 5.88. The van der Waals surface area contributed by atoms with Crippen LogP contribution in [0.5, 0.6) is 0 Å². The highest BCUT2D eigenvalue weighted by Crippen LogP contribution is 2.27. The van der Waals surface area contributed by atoms with Gasteiger partial charge in [-0.3, -0.25) is 14.9 Å². The van der Waals surface area contributed by atoms with Crippen LogP contribution in [0.4, 0.5) is 5.69 Å². The molecule has 1 atom stereocenters. The van der Waals surface area contributed by atoms with Crippen LogP contribution < -0.4 is 15.5 Å². The number of carbonyl (C=O) groups is 3. The minimum absolute atomic E-state index is 0.205. The summed E-state index contributed by atoms with van der Waals surface area (Å²) >= 11 is 0. The van der Waals surface area contributed by atoms with Crippen molar-refractivity contribution in [2.24, 2.45) is 5.92 Å². The Labute approximate surface area is 186 Å². The molecule has 2 amide bonds. The first-order valence-corrected chi connectivity index (χ1v) is 10.8. The second kappa shape index (κ2) is 9.93. The summed E-state index contributed by atoms with van der Waals surface area (Å²) in [7, 11) is 0. The summed E-state index contributed by atoms with van der Waals surface area (Å²) in [6.07, 6.45) is 0.681. The molecule has 2 heterocycles. The lowest BCUT2D eigenvalue weighted by molar-refractivity contribution is -0.134. The molecule has 8 nitrogen and oxygen atoms in total. The minimum Gasteiger partial charge on any atom is -0.478 e. The number of imide groups is 1. The Morgan fingerprint density at radius 1 is 1.16 bits per heavy atom. The topological polar surface area (TPSA) is 108 Å². The van der Waals surface area contributed by atoms with E-state index in [0.29, 0.717) is 31.1 Å². The fourth-order valence-electron chi connectivity index (χ4n) is 4.06. The van der Waals surface area contributed by atoms with Crippen molar-refractivity contribution in [1.29, 1.82) is 0 Å². The Morgan fingerprint density at radius 2 is 1.94 bits per heavy atom. The Morgan fingerprint density at radius 3 is 2.66 bits per heavy atom. The lowest BCUT2D eigenvalue weighted by Crippen LogP contribution is -2.50. The smallest absolute Gasteiger partial charge is 0.336 e. The number of carbonyl (C=O) groups excluding carboxylic acids is 2. The molecule has 168 valence electrons. The molecule has 4 rings (SSSR count). The summed E-state index contributed by atoms with van der Waals surface area (Å²) in [6, 6.07) is 14.9. The predicted molar refractivity (Wildman–Crippen MR) is 118 cm³/mol. The first kappa shape index (κ1) is 22.0. The second-order valence-corrected chi connectivity index (χ2v) is 8.30. The molecule has 2 aliphatic heterocycles. The number of anilines is 1. The third-order valence-electron chi connectivity index (χ3n) is 5.88. The highest BCUT2D eigenvalue weighted by atomic mass is 16.5. The van der Waals surface area contributed by atoms with Crippen molar-refractivity contribution in [2.45, 2.75) is 32.0 Å². The third kappa shape index (κ3) is 5.33. The molecule has 0 saturated carbocycles. The van der Waals surface area contributed by atoms with Crippen molar-refractivity contribution >= 4 is 23.5 Å². The van der Waals surface area contributed by atoms with E-state index in [1.54, 1.807) is 6.07 Å². The summed E-state index contributed by atoms with van der Waals surface area (Å²) in [5.74, 6) is -1.22. The summed E-state index contributed by atoms with van der Waals surface area (Å²) in [5, 5.41) is 14.9. The monoisotopic (exact) mass is 437 g/mol. The molecule has 2 aromatic carbocycles. The predicted octanol–water partition coefficient (Wildman–Crippen LogP) is 1.93. The lowest BCUT2D eigenvalue weighted by atomic mass is 9.98. The van der Waals surface area contributed by atoms with Crippen molar-refractivity contribution in [3.63, 3.8) is 0 Å². The summed E-state index contributed by atoms with van der Waals surface area (Å²) in [4.78, 5) is 37.1. The van der Waals surface area contributed by atoms with Gasteiger partial charge in [-0.2, -0.15) is 0 Å². The number of rotatable bonds is 9. The van der Waals surface area contributed by atoms with Gasteiger partial charge < -0.3 is 20.1 Å². The van der Waals surface area contributed by atoms with E-state index in [1.807, 2.05) is 42.5 Å². The number of benzene rings is 2. The van der Waals surface area contributed by atoms with Crippen LogP contribution in [0.25, 0.3) is 0 Å². The molecule has 1 unspecified atom stereocenters. The number of aromatic carboxylic acids is 1. The van der Waals surface area contributed by atoms with Gasteiger partial charge in [0.25, 0.3) is 0 Å². The molecular weight excluding hydrogens is 410 g/mol. The Bertz CT molecular complexity index is 988. The quantitative estimate of drug-likeness (QED) is 0.515. The fraction of sp³-hybridized carbons (Fsp3) is 0.375. The maximum Gasteiger partial charge on any atom is 0.336 e. The van der Waals surface area contributed by atoms with Gasteiger partial charge in [0.05, 0.1) is 24.8 Å². The Kier molecular flexibility index (Phi) is 6.82. The van der Waals surface area contributed by atoms with Gasteiger partial charge in [-0.05, 0) is 35.7 Å². The summed E-state index contributed by atoms with van der Waals surface area (Å²) < 4.78 is 5.83. The second-order valence-electron chi connectivity index (χ2n) is 8.30. The summed E-state index contributed by atoms with van der Waals surface area (Å²) in [5.41, 5.74) is 2.93. The lowest BCUT2D eigenvalue weighted by Gasteiger charge is -2.41. The van der Waals surface area contributed by atoms with E-state index in [4.69, 9.17) is 4.74 Å². The zero-order valence-electron chi connectivity index (χ0n) is 17.8. The van der Waals surface area contributed by atoms with Crippen LogP contribution in [0.1, 0.15) is 34.3 Å². The number of piperidine rings is 1. The molecule has 8 heteroatoms. The van der Waals surface area contributed by atoms with Gasteiger partial charge in [-0.25, -0.2) is 4.79 Å². The summed E-state index contributed by atoms with van der Waals surface area (Å²) in [6.45, 7) is 3.21. The van der Waals surface area contributed by atoms with E-state index >= 15 is 0 Å². The number of amides is 2. The van der Waals surface area contributed by atoms with Crippen LogP contribution in [0.15, 0.2) is 48.5 Å². The fourth-order valence-corrected chi connectivity index (χ4v) is 4.06. The average molecular weight is 437 g/mol. The van der Waals surface area contributed by atoms with Gasteiger partial charge in [0.2, 0.25) is 11.8 Å². The van der Waals surface area contributed by atoms with Crippen molar-refractivity contribution in [3.8, 4) is 0 Å². The van der Waals surface area contributed by atoms with Gasteiger partial charge in [-0.1, -0.05) is 30.3 Å². The SMILES string of the molecule is O=C1CCC(NCc2cc(N3CC(COCc4ccccc4)C3)ccc2C(=O)O)C(=O)N1. The zero-order valence-corrected chi connectivity index (χ0v) is 17.8. The van der Waals surface area contributed by atoms with Crippen LogP contribution in [0, 0.1) is 5.92 Å². The highest BCUT2D eigenvalue weighted by Gasteiger charge is 2.29. The Hall–Kier alpha value is -3.23. The zero-order chi connectivity index (χ0) is 22.5. The van der Waals surface area contributed by atoms with E-state index in [9.17, 15) is 19.5 Å². The molecule has 0 aliphatic carbocycles. The van der Waals surface area contributed by atoms with Gasteiger partial charge >= 0.3 is 5.97 Å². The van der Waals surface area contributed by atoms with Gasteiger partial charge in [0.15, 0.2) is 0 Å². The molecule has 3 N–H and O–H groups in total. The van der Waals surface area contributed by atoms with Crippen LogP contribution in [0.3, 0.4) is 0 Å². The number of carboxylic acid groups (broad SMARTS) is 1. The van der Waals surface area contributed by atoms with Crippen molar-refractivity contribution in [1.82, 2.24) is 10.6 Å². The number of nitrogens with one attached hydrogen (secondary N) is 2. The normalized spacial score (nSPS) is 18.9. The Balaban J connectivity index is 1.31. The van der Waals surface area contributed by atoms with E-state index in [-0.39, 0.29) is 30.3 Å². The largest absolute Gasteiger partial charge is 0.478 e. The number of hydrogen-bond acceptors (Lipinski definition) is 6. The molecule has 2 fully saturated rings. The minimum atomic E-state index is -1.01. The number of nitrogens with zero attached hydrogens (tertiary/aromatic N) is 1. The van der Waals surface area contributed by atoms with Crippen molar-refractivity contribution < 1.29 is 24.2 Å². The molecule has 2 aromatic rings. The molecular formula is C24H27N3O5. The van der Waals surface area contributed by atoms with Crippen LogP contribution in [-0.4, -0.2) is 48.6 Å². The van der Waals surface area contributed by atoms with Gasteiger partial charge in [-0.15, -0.1) is 0 Å². The standard InChI is InChI=1S/C24H27N3O5/c28-22-9-8-21(23(29)26-22)25-11-18-10-19(6-7-20(18)24(30)31)27-12-17(13-27)15-32-14-16-4-2-1-3-5-16/h1-7,10,17,21,25H,8-9,11-15H2,(H,30,31)(H,26,28,29). The van der Waals surface area contributed by atoms with Crippen molar-refractivity contribution in [3.05, 3.63) is 65.2 Å². The first-order chi connectivity index (χ1) is 15.5. The molecule has 32 heavy (non-hydrogen) atoms. The molecule has 2 saturated heterocycles. The maximum absolute atomic E-state index is 12.0. The molecule has 0 radical (unpaired) electrons. The van der Waals surface area contributed by atoms with Crippen LogP contribution in [0.2, 0.25) is 0 Å². The molecule has 0 aromatic heterocycles. The maximum atomic E-state index is 12.0. The number of hydrogen-bond donors (Lipinski definition) is 3. The molecule has 0 bridgehead atoms. The van der Waals surface area contributed by atoms with Gasteiger partial charge in [0.1, 0.15) is 0 Å². The number of ether oxygens (including phenoxy) is 1. The first-order valence-electron chi connectivity index (χ1n) is 10.8. The molecule has 2 aliphatic rings. The van der Waals surface area contributed by atoms with Gasteiger partial charge in [0, 0.05) is 37.7 Å². The van der Waals surface area contributed by atoms with E-state index < -0.39 is 12.0 Å². The molecule has 0 spiro atoms. The van der Waals surface area contributed by atoms with Crippen molar-refractivity contribution in [2.75, 3.05) is 24.6 Å². The van der Waals surface area contributed by atoms with E-state index in [0.717, 1.165) is 24.3 Å². The van der Waals surface area contributed by atoms with E-state index in [1.165, 1.54) is 0 Å². The van der Waals surface area contributed by atoms with Crippen LogP contribution >= 0.6 is 0 Å². The van der Waals surface area contributed by atoms with E-state index in [2.05, 4.69) is 15.5 Å².